The van der Waals surface area contributed by atoms with E-state index in [1.807, 2.05) is 73.7 Å². The zero-order valence-corrected chi connectivity index (χ0v) is 17.6. The predicted molar refractivity (Wildman–Crippen MR) is 120 cm³/mol. The molecule has 1 amide bonds. The molecule has 0 unspecified atom stereocenters. The quantitative estimate of drug-likeness (QED) is 0.426. The highest BCUT2D eigenvalue weighted by Crippen LogP contribution is 2.29. The molecule has 1 heterocycles. The van der Waals surface area contributed by atoms with Gasteiger partial charge in [-0.05, 0) is 53.2 Å². The van der Waals surface area contributed by atoms with E-state index < -0.39 is 5.25 Å². The summed E-state index contributed by atoms with van der Waals surface area (Å²) in [6.45, 7) is 1.83. The first-order valence-electron chi connectivity index (χ1n) is 9.28. The fraction of sp³-hybridized carbons (Fsp3) is 0.0909. The van der Waals surface area contributed by atoms with E-state index in [0.717, 1.165) is 22.5 Å². The van der Waals surface area contributed by atoms with Crippen LogP contribution in [-0.2, 0) is 4.79 Å². The molecule has 0 saturated heterocycles. The number of benzene rings is 3. The van der Waals surface area contributed by atoms with Crippen molar-refractivity contribution in [3.05, 3.63) is 83.9 Å². The average molecular weight is 436 g/mol. The number of tetrazole rings is 1. The molecule has 1 aromatic heterocycles. The topological polar surface area (TPSA) is 72.7 Å². The van der Waals surface area contributed by atoms with Crippen molar-refractivity contribution in [2.75, 3.05) is 5.32 Å². The maximum Gasteiger partial charge on any atom is 0.237 e. The summed E-state index contributed by atoms with van der Waals surface area (Å²) in [7, 11) is 0. The molecule has 6 nitrogen and oxygen atoms in total. The van der Waals surface area contributed by atoms with E-state index in [2.05, 4.69) is 20.8 Å². The number of halogens is 1. The first kappa shape index (κ1) is 20.1. The van der Waals surface area contributed by atoms with Crippen LogP contribution >= 0.6 is 23.4 Å². The van der Waals surface area contributed by atoms with Gasteiger partial charge in [0.05, 0.1) is 10.9 Å². The van der Waals surface area contributed by atoms with Gasteiger partial charge in [0.15, 0.2) is 0 Å². The lowest BCUT2D eigenvalue weighted by Crippen LogP contribution is -2.23. The summed E-state index contributed by atoms with van der Waals surface area (Å²) in [5.74, 6) is -0.131. The van der Waals surface area contributed by atoms with E-state index in [4.69, 9.17) is 11.6 Å². The van der Waals surface area contributed by atoms with Crippen molar-refractivity contribution in [1.82, 2.24) is 20.2 Å². The van der Waals surface area contributed by atoms with Crippen LogP contribution < -0.4 is 5.32 Å². The molecule has 8 heteroatoms. The van der Waals surface area contributed by atoms with Crippen molar-refractivity contribution >= 4 is 35.0 Å². The average Bonchev–Trinajstić information content (AvgIpc) is 3.23. The number of thioether (sulfide) groups is 1. The Morgan fingerprint density at radius 3 is 2.47 bits per heavy atom. The molecule has 0 bridgehead atoms. The number of nitrogens with one attached hydrogen (secondary N) is 1. The Balaban J connectivity index is 1.50. The van der Waals surface area contributed by atoms with Crippen LogP contribution in [-0.4, -0.2) is 31.4 Å². The summed E-state index contributed by atoms with van der Waals surface area (Å²) in [4.78, 5) is 12.9. The first-order chi connectivity index (χ1) is 14.6. The normalized spacial score (nSPS) is 11.8. The second-order valence-electron chi connectivity index (χ2n) is 6.51. The Bertz CT molecular complexity index is 1150. The Kier molecular flexibility index (Phi) is 6.11. The number of amides is 1. The number of aromatic nitrogens is 4. The second-order valence-corrected chi connectivity index (χ2v) is 8.26. The second kappa shape index (κ2) is 9.11. The van der Waals surface area contributed by atoms with Crippen molar-refractivity contribution in [2.24, 2.45) is 0 Å². The molecule has 0 saturated carbocycles. The van der Waals surface area contributed by atoms with Gasteiger partial charge in [-0.15, -0.1) is 5.10 Å². The third-order valence-corrected chi connectivity index (χ3v) is 5.72. The smallest absolute Gasteiger partial charge is 0.237 e. The number of para-hydroxylation sites is 1. The number of rotatable bonds is 6. The van der Waals surface area contributed by atoms with Gasteiger partial charge >= 0.3 is 0 Å². The maximum absolute atomic E-state index is 12.9. The number of hydrogen-bond donors (Lipinski definition) is 1. The monoisotopic (exact) mass is 435 g/mol. The molecule has 0 spiro atoms. The van der Waals surface area contributed by atoms with Crippen molar-refractivity contribution in [1.29, 1.82) is 0 Å². The van der Waals surface area contributed by atoms with Gasteiger partial charge in [-0.3, -0.25) is 4.79 Å². The summed E-state index contributed by atoms with van der Waals surface area (Å²) >= 11 is 7.24. The molecular weight excluding hydrogens is 418 g/mol. The molecule has 4 aromatic rings. The molecule has 3 aromatic carbocycles. The van der Waals surface area contributed by atoms with Crippen molar-refractivity contribution < 1.29 is 4.79 Å². The van der Waals surface area contributed by atoms with E-state index in [0.29, 0.717) is 10.2 Å². The maximum atomic E-state index is 12.9. The third-order valence-electron chi connectivity index (χ3n) is 4.43. The molecule has 1 atom stereocenters. The van der Waals surface area contributed by atoms with Gasteiger partial charge in [-0.25, -0.2) is 0 Å². The minimum atomic E-state index is -0.411. The molecule has 4 rings (SSSR count). The standard InChI is InChI=1S/C22H18ClN5OS/c1-15(30-22-25-26-27-28(22)18-13-11-17(23)12-14-18)21(29)24-20-10-6-5-9-19(20)16-7-3-2-4-8-16/h2-15H,1H3,(H,24,29)/t15-/m1/s1. The van der Waals surface area contributed by atoms with E-state index in [9.17, 15) is 4.79 Å². The summed E-state index contributed by atoms with van der Waals surface area (Å²) in [6.07, 6.45) is 0. The zero-order valence-electron chi connectivity index (χ0n) is 16.1. The van der Waals surface area contributed by atoms with E-state index in [1.54, 1.807) is 16.8 Å². The Morgan fingerprint density at radius 2 is 1.70 bits per heavy atom. The number of carbonyl (C=O) groups excluding carboxylic acids is 1. The molecule has 30 heavy (non-hydrogen) atoms. The molecular formula is C22H18ClN5OS. The SMILES string of the molecule is C[C@@H](Sc1nnnn1-c1ccc(Cl)cc1)C(=O)Nc1ccccc1-c1ccccc1. The van der Waals surface area contributed by atoms with Crippen LogP contribution in [0.5, 0.6) is 0 Å². The molecule has 150 valence electrons. The van der Waals surface area contributed by atoms with Gasteiger partial charge in [0, 0.05) is 16.3 Å². The summed E-state index contributed by atoms with van der Waals surface area (Å²) in [5, 5.41) is 15.6. The van der Waals surface area contributed by atoms with E-state index in [-0.39, 0.29) is 5.91 Å². The lowest BCUT2D eigenvalue weighted by molar-refractivity contribution is -0.115. The minimum Gasteiger partial charge on any atom is -0.325 e. The largest absolute Gasteiger partial charge is 0.325 e. The van der Waals surface area contributed by atoms with Crippen LogP contribution in [0.1, 0.15) is 6.92 Å². The van der Waals surface area contributed by atoms with Crippen molar-refractivity contribution in [2.45, 2.75) is 17.3 Å². The fourth-order valence-electron chi connectivity index (χ4n) is 2.90. The van der Waals surface area contributed by atoms with Gasteiger partial charge in [-0.1, -0.05) is 71.9 Å². The molecule has 0 aliphatic carbocycles. The van der Waals surface area contributed by atoms with Crippen LogP contribution in [0, 0.1) is 0 Å². The predicted octanol–water partition coefficient (Wildman–Crippen LogP) is 5.10. The van der Waals surface area contributed by atoms with Crippen LogP contribution in [0.15, 0.2) is 84.0 Å². The molecule has 1 N–H and O–H groups in total. The van der Waals surface area contributed by atoms with Crippen LogP contribution in [0.2, 0.25) is 5.02 Å². The van der Waals surface area contributed by atoms with Crippen molar-refractivity contribution in [3.63, 3.8) is 0 Å². The highest BCUT2D eigenvalue weighted by molar-refractivity contribution is 8.00. The van der Waals surface area contributed by atoms with Crippen LogP contribution in [0.25, 0.3) is 16.8 Å². The Labute approximate surface area is 183 Å². The van der Waals surface area contributed by atoms with Gasteiger partial charge in [0.2, 0.25) is 11.1 Å². The van der Waals surface area contributed by atoms with Crippen LogP contribution in [0.3, 0.4) is 0 Å². The van der Waals surface area contributed by atoms with E-state index in [1.165, 1.54) is 11.8 Å². The summed E-state index contributed by atoms with van der Waals surface area (Å²) in [5.41, 5.74) is 3.54. The van der Waals surface area contributed by atoms with Gasteiger partial charge in [-0.2, -0.15) is 4.68 Å². The Hall–Kier alpha value is -3.16. The fourth-order valence-corrected chi connectivity index (χ4v) is 3.84. The number of anilines is 1. The van der Waals surface area contributed by atoms with Gasteiger partial charge in [0.1, 0.15) is 0 Å². The van der Waals surface area contributed by atoms with Crippen LogP contribution in [0.4, 0.5) is 5.69 Å². The molecule has 0 fully saturated rings. The van der Waals surface area contributed by atoms with Gasteiger partial charge in [0.25, 0.3) is 0 Å². The Morgan fingerprint density at radius 1 is 1.00 bits per heavy atom. The first-order valence-corrected chi connectivity index (χ1v) is 10.5. The number of carbonyl (C=O) groups is 1. The third kappa shape index (κ3) is 4.53. The highest BCUT2D eigenvalue weighted by Gasteiger charge is 2.20. The minimum absolute atomic E-state index is 0.131. The highest BCUT2D eigenvalue weighted by atomic mass is 35.5. The van der Waals surface area contributed by atoms with E-state index >= 15 is 0 Å². The summed E-state index contributed by atoms with van der Waals surface area (Å²) in [6, 6.07) is 24.9. The lowest BCUT2D eigenvalue weighted by atomic mass is 10.0. The summed E-state index contributed by atoms with van der Waals surface area (Å²) < 4.78 is 1.59. The molecule has 0 radical (unpaired) electrons. The molecule has 0 aliphatic heterocycles. The lowest BCUT2D eigenvalue weighted by Gasteiger charge is -2.14. The molecule has 0 aliphatic rings. The van der Waals surface area contributed by atoms with Crippen molar-refractivity contribution in [3.8, 4) is 16.8 Å². The number of hydrogen-bond acceptors (Lipinski definition) is 5. The van der Waals surface area contributed by atoms with Gasteiger partial charge < -0.3 is 5.32 Å². The zero-order chi connectivity index (χ0) is 20.9. The number of nitrogens with zero attached hydrogens (tertiary/aromatic N) is 4.